The molecule has 0 fully saturated rings. The van der Waals surface area contributed by atoms with Crippen molar-refractivity contribution in [1.29, 1.82) is 0 Å². The van der Waals surface area contributed by atoms with Gasteiger partial charge in [0.25, 0.3) is 0 Å². The number of aryl methyl sites for hydroxylation is 4. The van der Waals surface area contributed by atoms with E-state index < -0.39 is 0 Å². The number of rotatable bonds is 6. The Morgan fingerprint density at radius 3 is 2.31 bits per heavy atom. The molecule has 0 aliphatic heterocycles. The first-order valence-electron chi connectivity index (χ1n) is 9.06. The second-order valence-electron chi connectivity index (χ2n) is 6.69. The molecule has 0 aliphatic rings. The van der Waals surface area contributed by atoms with E-state index in [4.69, 9.17) is 0 Å². The second kappa shape index (κ2) is 7.60. The quantitative estimate of drug-likeness (QED) is 0.733. The zero-order valence-electron chi connectivity index (χ0n) is 15.6. The molecule has 3 rings (SSSR count). The van der Waals surface area contributed by atoms with E-state index in [0.717, 1.165) is 34.3 Å². The number of imidazole rings is 1. The smallest absolute Gasteiger partial charge is 0.326 e. The van der Waals surface area contributed by atoms with E-state index in [-0.39, 0.29) is 18.0 Å². The topological polar surface area (TPSA) is 56.0 Å². The molecular weight excluding hydrogens is 326 g/mol. The van der Waals surface area contributed by atoms with Gasteiger partial charge in [0.15, 0.2) is 0 Å². The SMILES string of the molecule is CCCn1c(=O)n(CCC(=O)Nc2cc(C)ccc2C)c2ccccc21. The van der Waals surface area contributed by atoms with Crippen molar-refractivity contribution < 1.29 is 4.79 Å². The predicted octanol–water partition coefficient (Wildman–Crippen LogP) is 3.86. The monoisotopic (exact) mass is 351 g/mol. The number of nitrogens with zero attached hydrogens (tertiary/aromatic N) is 2. The van der Waals surface area contributed by atoms with Crippen LogP contribution in [0.15, 0.2) is 47.3 Å². The van der Waals surface area contributed by atoms with Crippen molar-refractivity contribution >= 4 is 22.6 Å². The van der Waals surface area contributed by atoms with Crippen molar-refractivity contribution in [2.24, 2.45) is 0 Å². The van der Waals surface area contributed by atoms with Crippen molar-refractivity contribution in [3.8, 4) is 0 Å². The van der Waals surface area contributed by atoms with Gasteiger partial charge >= 0.3 is 5.69 Å². The maximum Gasteiger partial charge on any atom is 0.329 e. The number of hydrogen-bond donors (Lipinski definition) is 1. The molecule has 0 radical (unpaired) electrons. The van der Waals surface area contributed by atoms with Gasteiger partial charge in [-0.3, -0.25) is 13.9 Å². The number of anilines is 1. The Morgan fingerprint density at radius 1 is 1.00 bits per heavy atom. The van der Waals surface area contributed by atoms with Gasteiger partial charge in [-0.05, 0) is 49.6 Å². The molecule has 3 aromatic rings. The van der Waals surface area contributed by atoms with Crippen LogP contribution in [0.5, 0.6) is 0 Å². The number of carbonyl (C=O) groups excluding carboxylic acids is 1. The number of carbonyl (C=O) groups is 1. The van der Waals surface area contributed by atoms with Gasteiger partial charge in [0.05, 0.1) is 11.0 Å². The van der Waals surface area contributed by atoms with Crippen molar-refractivity contribution in [1.82, 2.24) is 9.13 Å². The normalized spacial score (nSPS) is 11.0. The molecule has 136 valence electrons. The number of aromatic nitrogens is 2. The van der Waals surface area contributed by atoms with E-state index in [1.54, 1.807) is 9.13 Å². The Bertz CT molecular complexity index is 998. The van der Waals surface area contributed by atoms with Gasteiger partial charge in [0, 0.05) is 25.2 Å². The fraction of sp³-hybridized carbons (Fsp3) is 0.333. The lowest BCUT2D eigenvalue weighted by Gasteiger charge is -2.09. The highest BCUT2D eigenvalue weighted by molar-refractivity contribution is 5.91. The Labute approximate surface area is 153 Å². The predicted molar refractivity (Wildman–Crippen MR) is 106 cm³/mol. The van der Waals surface area contributed by atoms with Gasteiger partial charge in [-0.15, -0.1) is 0 Å². The molecule has 1 amide bonds. The van der Waals surface area contributed by atoms with Gasteiger partial charge in [-0.2, -0.15) is 0 Å². The van der Waals surface area contributed by atoms with Crippen LogP contribution in [0.25, 0.3) is 11.0 Å². The van der Waals surface area contributed by atoms with Crippen LogP contribution in [-0.2, 0) is 17.9 Å². The van der Waals surface area contributed by atoms with E-state index >= 15 is 0 Å². The molecule has 2 aromatic carbocycles. The highest BCUT2D eigenvalue weighted by Crippen LogP contribution is 2.17. The van der Waals surface area contributed by atoms with Gasteiger partial charge in [-0.1, -0.05) is 31.2 Å². The number of benzene rings is 2. The number of hydrogen-bond acceptors (Lipinski definition) is 2. The molecule has 1 N–H and O–H groups in total. The first-order chi connectivity index (χ1) is 12.5. The average Bonchev–Trinajstić information content (AvgIpc) is 2.89. The highest BCUT2D eigenvalue weighted by atomic mass is 16.2. The van der Waals surface area contributed by atoms with Gasteiger partial charge in [-0.25, -0.2) is 4.79 Å². The lowest BCUT2D eigenvalue weighted by atomic mass is 10.1. The molecule has 0 bridgehead atoms. The Kier molecular flexibility index (Phi) is 5.26. The number of para-hydroxylation sites is 2. The van der Waals surface area contributed by atoms with E-state index in [1.807, 2.05) is 56.3 Å². The average molecular weight is 351 g/mol. The third kappa shape index (κ3) is 3.57. The van der Waals surface area contributed by atoms with Crippen molar-refractivity contribution in [2.45, 2.75) is 46.7 Å². The third-order valence-corrected chi connectivity index (χ3v) is 4.60. The van der Waals surface area contributed by atoms with Crippen LogP contribution in [0.3, 0.4) is 0 Å². The van der Waals surface area contributed by atoms with E-state index in [0.29, 0.717) is 13.1 Å². The number of nitrogens with one attached hydrogen (secondary N) is 1. The van der Waals surface area contributed by atoms with Crippen LogP contribution in [-0.4, -0.2) is 15.0 Å². The molecule has 0 spiro atoms. The minimum Gasteiger partial charge on any atom is -0.326 e. The lowest BCUT2D eigenvalue weighted by molar-refractivity contribution is -0.116. The van der Waals surface area contributed by atoms with Crippen molar-refractivity contribution in [3.63, 3.8) is 0 Å². The molecule has 0 saturated carbocycles. The summed E-state index contributed by atoms with van der Waals surface area (Å²) in [6.45, 7) is 7.07. The maximum absolute atomic E-state index is 12.7. The Hall–Kier alpha value is -2.82. The molecule has 0 unspecified atom stereocenters. The summed E-state index contributed by atoms with van der Waals surface area (Å²) < 4.78 is 3.49. The van der Waals surface area contributed by atoms with Crippen LogP contribution in [0, 0.1) is 13.8 Å². The third-order valence-electron chi connectivity index (χ3n) is 4.60. The zero-order valence-corrected chi connectivity index (χ0v) is 15.6. The summed E-state index contributed by atoms with van der Waals surface area (Å²) in [6.07, 6.45) is 1.15. The van der Waals surface area contributed by atoms with Crippen LogP contribution < -0.4 is 11.0 Å². The molecule has 0 aliphatic carbocycles. The molecule has 5 nitrogen and oxygen atoms in total. The lowest BCUT2D eigenvalue weighted by Crippen LogP contribution is -2.26. The molecule has 0 saturated heterocycles. The number of fused-ring (bicyclic) bond motifs is 1. The van der Waals surface area contributed by atoms with Gasteiger partial charge < -0.3 is 5.32 Å². The van der Waals surface area contributed by atoms with Crippen molar-refractivity contribution in [3.05, 3.63) is 64.1 Å². The first-order valence-corrected chi connectivity index (χ1v) is 9.06. The van der Waals surface area contributed by atoms with Crippen molar-refractivity contribution in [2.75, 3.05) is 5.32 Å². The van der Waals surface area contributed by atoms with Gasteiger partial charge in [0.2, 0.25) is 5.91 Å². The highest BCUT2D eigenvalue weighted by Gasteiger charge is 2.13. The van der Waals surface area contributed by atoms with Crippen LogP contribution in [0.2, 0.25) is 0 Å². The molecule has 1 aromatic heterocycles. The van der Waals surface area contributed by atoms with Crippen LogP contribution in [0.4, 0.5) is 5.69 Å². The summed E-state index contributed by atoms with van der Waals surface area (Å²) in [5.74, 6) is -0.0853. The van der Waals surface area contributed by atoms with E-state index in [1.165, 1.54) is 0 Å². The summed E-state index contributed by atoms with van der Waals surface area (Å²) in [5, 5.41) is 2.96. The molecule has 5 heteroatoms. The first kappa shape index (κ1) is 18.0. The van der Waals surface area contributed by atoms with E-state index in [2.05, 4.69) is 12.2 Å². The number of amides is 1. The van der Waals surface area contributed by atoms with Crippen LogP contribution >= 0.6 is 0 Å². The van der Waals surface area contributed by atoms with Crippen LogP contribution in [0.1, 0.15) is 30.9 Å². The minimum atomic E-state index is -0.0853. The summed E-state index contributed by atoms with van der Waals surface area (Å²) in [5.41, 5.74) is 4.72. The molecule has 0 atom stereocenters. The maximum atomic E-state index is 12.7. The fourth-order valence-electron chi connectivity index (χ4n) is 3.22. The Morgan fingerprint density at radius 2 is 1.65 bits per heavy atom. The second-order valence-corrected chi connectivity index (χ2v) is 6.69. The summed E-state index contributed by atoms with van der Waals surface area (Å²) in [7, 11) is 0. The largest absolute Gasteiger partial charge is 0.329 e. The van der Waals surface area contributed by atoms with E-state index in [9.17, 15) is 9.59 Å². The van der Waals surface area contributed by atoms with Gasteiger partial charge in [0.1, 0.15) is 0 Å². The summed E-state index contributed by atoms with van der Waals surface area (Å²) in [4.78, 5) is 25.1. The standard InChI is InChI=1S/C21H25N3O2/c1-4-12-23-18-7-5-6-8-19(18)24(21(23)26)13-11-20(25)22-17-14-15(2)9-10-16(17)3/h5-10,14H,4,11-13H2,1-3H3,(H,22,25). The zero-order chi connectivity index (χ0) is 18.7. The molecular formula is C21H25N3O2. The minimum absolute atomic E-state index is 0.0485. The summed E-state index contributed by atoms with van der Waals surface area (Å²) in [6, 6.07) is 13.7. The molecule has 1 heterocycles. The summed E-state index contributed by atoms with van der Waals surface area (Å²) >= 11 is 0. The molecule has 26 heavy (non-hydrogen) atoms. The fourth-order valence-corrected chi connectivity index (χ4v) is 3.22. The Balaban J connectivity index is 1.79.